The van der Waals surface area contributed by atoms with Crippen molar-refractivity contribution in [2.24, 2.45) is 0 Å². The lowest BCUT2D eigenvalue weighted by Crippen LogP contribution is -2.52. The van der Waals surface area contributed by atoms with Gasteiger partial charge in [-0.2, -0.15) is 5.26 Å². The van der Waals surface area contributed by atoms with Crippen molar-refractivity contribution in [2.45, 2.75) is 24.9 Å². The number of anilines is 1. The van der Waals surface area contributed by atoms with Crippen LogP contribution in [0.25, 0.3) is 10.1 Å². The Hall–Kier alpha value is -3.37. The molecule has 1 aromatic heterocycles. The first kappa shape index (κ1) is 18.6. The number of thiophene rings is 1. The van der Waals surface area contributed by atoms with Gasteiger partial charge in [0.15, 0.2) is 5.78 Å². The van der Waals surface area contributed by atoms with Gasteiger partial charge in [0.1, 0.15) is 17.4 Å². The normalized spacial score (nSPS) is 17.4. The van der Waals surface area contributed by atoms with Crippen LogP contribution in [-0.4, -0.2) is 35.3 Å². The summed E-state index contributed by atoms with van der Waals surface area (Å²) in [5, 5.41) is 10.7. The molecule has 150 valence electrons. The highest BCUT2D eigenvalue weighted by Gasteiger charge is 2.44. The van der Waals surface area contributed by atoms with Crippen LogP contribution in [0.2, 0.25) is 0 Å². The Morgan fingerprint density at radius 2 is 1.93 bits per heavy atom. The number of carbonyl (C=O) groups is 2. The maximum absolute atomic E-state index is 13.2. The Kier molecular flexibility index (Phi) is 4.26. The molecule has 0 unspecified atom stereocenters. The number of likely N-dealkylation sites (tertiary alicyclic amines) is 1. The summed E-state index contributed by atoms with van der Waals surface area (Å²) in [6, 6.07) is 14.9. The second-order valence-corrected chi connectivity index (χ2v) is 8.89. The summed E-state index contributed by atoms with van der Waals surface area (Å²) in [5.41, 5.74) is 6.83. The number of benzene rings is 2. The number of Topliss-reactive ketones (excluding diaryl/α,β-unsaturated/α-hetero) is 1. The lowest BCUT2D eigenvalue weighted by molar-refractivity contribution is -0.00565. The van der Waals surface area contributed by atoms with Crippen LogP contribution in [0.15, 0.2) is 42.5 Å². The third-order valence-corrected chi connectivity index (χ3v) is 7.03. The van der Waals surface area contributed by atoms with E-state index in [0.717, 1.165) is 10.1 Å². The molecule has 0 aliphatic carbocycles. The molecule has 3 heterocycles. The summed E-state index contributed by atoms with van der Waals surface area (Å²) in [5.74, 6) is 0.327. The highest BCUT2D eigenvalue weighted by Crippen LogP contribution is 2.41. The molecule has 30 heavy (non-hydrogen) atoms. The monoisotopic (exact) mass is 417 g/mol. The quantitative estimate of drug-likeness (QED) is 0.646. The van der Waals surface area contributed by atoms with E-state index in [-0.39, 0.29) is 18.1 Å². The molecule has 0 bridgehead atoms. The molecule has 0 radical (unpaired) electrons. The fourth-order valence-electron chi connectivity index (χ4n) is 4.49. The topological polar surface area (TPSA) is 96.4 Å². The van der Waals surface area contributed by atoms with Crippen LogP contribution in [-0.2, 0) is 0 Å². The van der Waals surface area contributed by atoms with Gasteiger partial charge >= 0.3 is 0 Å². The molecule has 1 amide bonds. The van der Waals surface area contributed by atoms with Crippen molar-refractivity contribution in [3.8, 4) is 11.8 Å². The second kappa shape index (κ2) is 6.85. The number of nitrogens with zero attached hydrogens (tertiary/aromatic N) is 2. The zero-order chi connectivity index (χ0) is 20.9. The minimum absolute atomic E-state index is 0.0683. The number of amides is 1. The van der Waals surface area contributed by atoms with Crippen molar-refractivity contribution in [2.75, 3.05) is 18.8 Å². The lowest BCUT2D eigenvalue weighted by Gasteiger charge is -2.44. The Labute approximate surface area is 177 Å². The number of fused-ring (bicyclic) bond motifs is 2. The van der Waals surface area contributed by atoms with E-state index in [2.05, 4.69) is 6.07 Å². The number of hydrogen-bond acceptors (Lipinski definition) is 6. The molecule has 2 N–H and O–H groups in total. The van der Waals surface area contributed by atoms with E-state index in [1.54, 1.807) is 23.1 Å². The molecule has 6 nitrogen and oxygen atoms in total. The van der Waals surface area contributed by atoms with Crippen LogP contribution >= 0.6 is 11.3 Å². The van der Waals surface area contributed by atoms with E-state index >= 15 is 0 Å². The van der Waals surface area contributed by atoms with E-state index in [9.17, 15) is 14.9 Å². The number of ketones is 1. The molecule has 1 spiro atoms. The third-order valence-electron chi connectivity index (χ3n) is 6.03. The lowest BCUT2D eigenvalue weighted by atomic mass is 9.81. The van der Waals surface area contributed by atoms with Crippen LogP contribution in [0.4, 0.5) is 5.00 Å². The smallest absolute Gasteiger partial charge is 0.257 e. The molecule has 1 fully saturated rings. The Balaban J connectivity index is 1.38. The fraction of sp³-hybridized carbons (Fsp3) is 0.261. The molecule has 0 saturated carbocycles. The first-order valence-corrected chi connectivity index (χ1v) is 10.6. The minimum atomic E-state index is -0.628. The average Bonchev–Trinajstić information content (AvgIpc) is 3.08. The number of carbonyl (C=O) groups excluding carboxylic acids is 2. The standard InChI is InChI=1S/C23H19N3O3S/c24-13-14-4-3-6-17-19(14)16(27)12-23(29-17)8-10-26(11-9-23)22(28)20-15-5-1-2-7-18(15)30-21(20)25/h1-7H,8-12,25H2. The summed E-state index contributed by atoms with van der Waals surface area (Å²) in [6.45, 7) is 0.978. The average molecular weight is 417 g/mol. The Morgan fingerprint density at radius 1 is 1.17 bits per heavy atom. The molecule has 7 heteroatoms. The summed E-state index contributed by atoms with van der Waals surface area (Å²) in [4.78, 5) is 27.8. The molecular weight excluding hydrogens is 398 g/mol. The Bertz CT molecular complexity index is 1230. The highest BCUT2D eigenvalue weighted by molar-refractivity contribution is 7.23. The summed E-state index contributed by atoms with van der Waals surface area (Å²) in [7, 11) is 0. The van der Waals surface area contributed by atoms with Gasteiger partial charge in [0.2, 0.25) is 0 Å². The largest absolute Gasteiger partial charge is 0.486 e. The molecule has 3 aromatic rings. The van der Waals surface area contributed by atoms with E-state index in [0.29, 0.717) is 53.4 Å². The van der Waals surface area contributed by atoms with E-state index < -0.39 is 5.60 Å². The van der Waals surface area contributed by atoms with Crippen molar-refractivity contribution in [3.63, 3.8) is 0 Å². The Morgan fingerprint density at radius 3 is 2.70 bits per heavy atom. The number of ether oxygens (including phenoxy) is 1. The number of hydrogen-bond donors (Lipinski definition) is 1. The molecule has 2 aliphatic rings. The van der Waals surface area contributed by atoms with Gasteiger partial charge in [-0.15, -0.1) is 11.3 Å². The first-order chi connectivity index (χ1) is 14.5. The number of rotatable bonds is 1. The molecular formula is C23H19N3O3S. The van der Waals surface area contributed by atoms with Crippen molar-refractivity contribution >= 4 is 38.1 Å². The van der Waals surface area contributed by atoms with Crippen LogP contribution in [0.5, 0.6) is 5.75 Å². The number of nitriles is 1. The van der Waals surface area contributed by atoms with Crippen LogP contribution in [0.1, 0.15) is 45.5 Å². The second-order valence-electron chi connectivity index (χ2n) is 7.81. The van der Waals surface area contributed by atoms with Crippen LogP contribution in [0, 0.1) is 11.3 Å². The van der Waals surface area contributed by atoms with Gasteiger partial charge in [0.05, 0.1) is 28.1 Å². The zero-order valence-corrected chi connectivity index (χ0v) is 17.0. The van der Waals surface area contributed by atoms with Crippen molar-refractivity contribution < 1.29 is 14.3 Å². The minimum Gasteiger partial charge on any atom is -0.486 e. The molecule has 2 aliphatic heterocycles. The van der Waals surface area contributed by atoms with Crippen molar-refractivity contribution in [1.82, 2.24) is 4.90 Å². The number of nitrogens with two attached hydrogens (primary N) is 1. The SMILES string of the molecule is N#Cc1cccc2c1C(=O)CC1(CCN(C(=O)c3c(N)sc4ccccc34)CC1)O2. The van der Waals surface area contributed by atoms with E-state index in [1.807, 2.05) is 24.3 Å². The maximum atomic E-state index is 13.2. The fourth-order valence-corrected chi connectivity index (χ4v) is 5.45. The summed E-state index contributed by atoms with van der Waals surface area (Å²) < 4.78 is 7.25. The van der Waals surface area contributed by atoms with Gasteiger partial charge in [-0.25, -0.2) is 0 Å². The first-order valence-electron chi connectivity index (χ1n) is 9.83. The molecule has 5 rings (SSSR count). The van der Waals surface area contributed by atoms with Gasteiger partial charge in [-0.05, 0) is 18.2 Å². The van der Waals surface area contributed by atoms with Gasteiger partial charge in [-0.1, -0.05) is 24.3 Å². The van der Waals surface area contributed by atoms with E-state index in [1.165, 1.54) is 11.3 Å². The van der Waals surface area contributed by atoms with Gasteiger partial charge in [0, 0.05) is 36.0 Å². The van der Waals surface area contributed by atoms with Crippen molar-refractivity contribution in [1.29, 1.82) is 5.26 Å². The van der Waals surface area contributed by atoms with Crippen molar-refractivity contribution in [3.05, 3.63) is 59.2 Å². The summed E-state index contributed by atoms with van der Waals surface area (Å²) in [6.07, 6.45) is 1.34. The van der Waals surface area contributed by atoms with Crippen LogP contribution < -0.4 is 10.5 Å². The zero-order valence-electron chi connectivity index (χ0n) is 16.2. The highest BCUT2D eigenvalue weighted by atomic mass is 32.1. The van der Waals surface area contributed by atoms with Crippen LogP contribution in [0.3, 0.4) is 0 Å². The number of piperidine rings is 1. The predicted molar refractivity (Wildman–Crippen MR) is 115 cm³/mol. The summed E-state index contributed by atoms with van der Waals surface area (Å²) >= 11 is 1.42. The number of nitrogen functional groups attached to an aromatic ring is 1. The predicted octanol–water partition coefficient (Wildman–Crippen LogP) is 4.00. The molecule has 1 saturated heterocycles. The molecule has 2 aromatic carbocycles. The molecule has 0 atom stereocenters. The van der Waals surface area contributed by atoms with Gasteiger partial charge in [0.25, 0.3) is 5.91 Å². The van der Waals surface area contributed by atoms with E-state index in [4.69, 9.17) is 10.5 Å². The van der Waals surface area contributed by atoms with Gasteiger partial charge in [-0.3, -0.25) is 9.59 Å². The van der Waals surface area contributed by atoms with Gasteiger partial charge < -0.3 is 15.4 Å². The maximum Gasteiger partial charge on any atom is 0.257 e. The third kappa shape index (κ3) is 2.84.